The Bertz CT molecular complexity index is 90.7. The van der Waals surface area contributed by atoms with Crippen LogP contribution in [0.1, 0.15) is 0 Å². The summed E-state index contributed by atoms with van der Waals surface area (Å²) in [7, 11) is 0. The van der Waals surface area contributed by atoms with E-state index in [1.54, 1.807) is 0 Å². The summed E-state index contributed by atoms with van der Waals surface area (Å²) in [6.45, 7) is 0. The first-order chi connectivity index (χ1) is 2.00. The first kappa shape index (κ1) is 9.76. The van der Waals surface area contributed by atoms with E-state index in [0.717, 1.165) is 0 Å². The second kappa shape index (κ2) is 2.70. The van der Waals surface area contributed by atoms with Crippen molar-refractivity contribution >= 4 is 0 Å². The molecule has 6 heteroatoms. The second-order valence-electron chi connectivity index (χ2n) is 0.408. The molecule has 0 rings (SSSR count). The van der Waals surface area contributed by atoms with Crippen LogP contribution in [0.15, 0.2) is 0 Å². The van der Waals surface area contributed by atoms with Crippen molar-refractivity contribution in [1.82, 2.24) is 0 Å². The van der Waals surface area contributed by atoms with Crippen LogP contribution in [-0.2, 0) is 38.3 Å². The van der Waals surface area contributed by atoms with E-state index < -0.39 is 13.6 Å². The van der Waals surface area contributed by atoms with Crippen molar-refractivity contribution < 1.29 is 46.6 Å². The van der Waals surface area contributed by atoms with E-state index in [1.165, 1.54) is 0 Å². The Labute approximate surface area is 47.0 Å². The van der Waals surface area contributed by atoms with Gasteiger partial charge >= 0.3 is 46.6 Å². The summed E-state index contributed by atoms with van der Waals surface area (Å²) < 4.78 is 34.4. The van der Waals surface area contributed by atoms with Crippen LogP contribution in [0.4, 0.5) is 0 Å². The maximum atomic E-state index is 8.59. The molecule has 0 spiro atoms. The first-order valence-corrected chi connectivity index (χ1v) is 2.75. The molecular formula is CrMnO4. The van der Waals surface area contributed by atoms with Crippen molar-refractivity contribution in [2.24, 2.45) is 0 Å². The fraction of sp³-hybridized carbons (Fsp3) is 0. The van der Waals surface area contributed by atoms with E-state index in [-0.39, 0.29) is 17.1 Å². The molecule has 37 valence electrons. The zero-order valence-corrected chi connectivity index (χ0v) is 4.87. The van der Waals surface area contributed by atoms with Gasteiger partial charge in [0.05, 0.1) is 0 Å². The molecule has 0 aromatic rings. The van der Waals surface area contributed by atoms with Crippen molar-refractivity contribution in [2.45, 2.75) is 0 Å². The Balaban J connectivity index is 0. The van der Waals surface area contributed by atoms with E-state index in [9.17, 15) is 0 Å². The number of hydrogen-bond acceptors (Lipinski definition) is 4. The van der Waals surface area contributed by atoms with Crippen molar-refractivity contribution in [2.75, 3.05) is 0 Å². The van der Waals surface area contributed by atoms with Gasteiger partial charge in [-0.15, -0.1) is 0 Å². The van der Waals surface area contributed by atoms with E-state index >= 15 is 0 Å². The molecule has 0 aliphatic carbocycles. The molecule has 0 aromatic carbocycles. The van der Waals surface area contributed by atoms with Gasteiger partial charge in [0.25, 0.3) is 0 Å². The van der Waals surface area contributed by atoms with Crippen LogP contribution in [-0.4, -0.2) is 0 Å². The van der Waals surface area contributed by atoms with Crippen LogP contribution < -0.4 is 8.32 Å². The third kappa shape index (κ3) is 178. The van der Waals surface area contributed by atoms with E-state index in [4.69, 9.17) is 15.9 Å². The standard InChI is InChI=1S/Cr.Mn.4O/q;+2;;;2*-1. The molecule has 0 aromatic heterocycles. The molecule has 0 aliphatic heterocycles. The van der Waals surface area contributed by atoms with Gasteiger partial charge < -0.3 is 0 Å². The number of hydrogen-bond donors (Lipinski definition) is 0. The molecule has 0 bridgehead atoms. The Kier molecular flexibility index (Phi) is 4.39. The molecule has 4 nitrogen and oxygen atoms in total. The monoisotopic (exact) mass is 171 g/mol. The Hall–Kier alpha value is 0.572. The van der Waals surface area contributed by atoms with Crippen LogP contribution in [0.5, 0.6) is 0 Å². The summed E-state index contributed by atoms with van der Waals surface area (Å²) in [4.78, 5) is 0. The first-order valence-electron chi connectivity index (χ1n) is 0.667. The van der Waals surface area contributed by atoms with Gasteiger partial charge in [0, 0.05) is 0 Å². The Morgan fingerprint density at radius 3 is 1.17 bits per heavy atom. The zero-order valence-electron chi connectivity index (χ0n) is 2.42. The van der Waals surface area contributed by atoms with Crippen LogP contribution in [0, 0.1) is 0 Å². The Morgan fingerprint density at radius 2 is 1.17 bits per heavy atom. The molecule has 0 fully saturated rings. The minimum atomic E-state index is -5.75. The molecule has 0 saturated carbocycles. The van der Waals surface area contributed by atoms with Gasteiger partial charge in [0.2, 0.25) is 0 Å². The van der Waals surface area contributed by atoms with Gasteiger partial charge in [0.15, 0.2) is 0 Å². The van der Waals surface area contributed by atoms with E-state index in [0.29, 0.717) is 0 Å². The fourth-order valence-electron chi connectivity index (χ4n) is 0. The second-order valence-corrected chi connectivity index (χ2v) is 1.68. The molecule has 0 unspecified atom stereocenters. The predicted molar refractivity (Wildman–Crippen MR) is 1.37 cm³/mol. The van der Waals surface area contributed by atoms with Gasteiger partial charge in [-0.05, 0) is 0 Å². The molecular weight excluding hydrogens is 171 g/mol. The van der Waals surface area contributed by atoms with Crippen LogP contribution in [0.3, 0.4) is 0 Å². The molecule has 1 radical (unpaired) electrons. The van der Waals surface area contributed by atoms with E-state index in [1.807, 2.05) is 0 Å². The molecule has 0 saturated heterocycles. The quantitative estimate of drug-likeness (QED) is 0.373. The van der Waals surface area contributed by atoms with Gasteiger partial charge in [-0.1, -0.05) is 0 Å². The molecule has 6 heavy (non-hydrogen) atoms. The van der Waals surface area contributed by atoms with Crippen LogP contribution in [0.2, 0.25) is 0 Å². The summed E-state index contributed by atoms with van der Waals surface area (Å²) in [5.74, 6) is 0. The van der Waals surface area contributed by atoms with Gasteiger partial charge in [-0.2, -0.15) is 0 Å². The topological polar surface area (TPSA) is 80.3 Å². The normalized spacial score (nSPS) is 9.67. The summed E-state index contributed by atoms with van der Waals surface area (Å²) in [6, 6.07) is 0. The van der Waals surface area contributed by atoms with E-state index in [2.05, 4.69) is 0 Å². The average molecular weight is 171 g/mol. The van der Waals surface area contributed by atoms with Crippen LogP contribution >= 0.6 is 0 Å². The molecule has 0 atom stereocenters. The Morgan fingerprint density at radius 1 is 1.17 bits per heavy atom. The van der Waals surface area contributed by atoms with Crippen molar-refractivity contribution in [1.29, 1.82) is 0 Å². The summed E-state index contributed by atoms with van der Waals surface area (Å²) in [6.07, 6.45) is 0. The number of rotatable bonds is 0. The molecule has 0 amide bonds. The summed E-state index contributed by atoms with van der Waals surface area (Å²) in [5, 5.41) is 0. The predicted octanol–water partition coefficient (Wildman–Crippen LogP) is -2.62. The van der Waals surface area contributed by atoms with Crippen LogP contribution in [0.25, 0.3) is 0 Å². The molecule has 0 N–H and O–H groups in total. The van der Waals surface area contributed by atoms with Gasteiger partial charge in [0.1, 0.15) is 0 Å². The summed E-state index contributed by atoms with van der Waals surface area (Å²) in [5.41, 5.74) is 0. The fourth-order valence-corrected chi connectivity index (χ4v) is 0. The third-order valence-corrected chi connectivity index (χ3v) is 0. The average Bonchev–Trinajstić information content (AvgIpc) is 0.722. The van der Waals surface area contributed by atoms with Gasteiger partial charge in [-0.3, -0.25) is 0 Å². The van der Waals surface area contributed by atoms with Crippen molar-refractivity contribution in [3.8, 4) is 0 Å². The van der Waals surface area contributed by atoms with Gasteiger partial charge in [-0.25, -0.2) is 0 Å². The SMILES string of the molecule is [Mn+2].[O]=[Cr](=[O])([O-])[O-]. The van der Waals surface area contributed by atoms with Crippen molar-refractivity contribution in [3.63, 3.8) is 0 Å². The molecule has 0 aliphatic rings. The minimum absolute atomic E-state index is 0. The summed E-state index contributed by atoms with van der Waals surface area (Å²) >= 11 is -5.75. The maximum absolute atomic E-state index is 8.59. The third-order valence-electron chi connectivity index (χ3n) is 0. The van der Waals surface area contributed by atoms with Crippen molar-refractivity contribution in [3.05, 3.63) is 0 Å². The zero-order chi connectivity index (χ0) is 4.50. The molecule has 0 heterocycles.